The summed E-state index contributed by atoms with van der Waals surface area (Å²) >= 11 is 0. The molecule has 0 saturated carbocycles. The zero-order chi connectivity index (χ0) is 50.0. The molecule has 0 amide bonds. The molecular weight excluding hydrogens is 888 g/mol. The molecule has 15 nitrogen and oxygen atoms in total. The van der Waals surface area contributed by atoms with Crippen LogP contribution in [0.5, 0.6) is 11.5 Å². The van der Waals surface area contributed by atoms with Crippen molar-refractivity contribution in [2.45, 2.75) is 213 Å². The fourth-order valence-corrected chi connectivity index (χ4v) is 11.7. The van der Waals surface area contributed by atoms with Gasteiger partial charge in [0.15, 0.2) is 5.79 Å². The van der Waals surface area contributed by atoms with Crippen molar-refractivity contribution in [3.05, 3.63) is 35.4 Å². The fourth-order valence-electron chi connectivity index (χ4n) is 11.7. The van der Waals surface area contributed by atoms with Crippen molar-refractivity contribution in [2.24, 2.45) is 41.4 Å². The third kappa shape index (κ3) is 12.0. The Morgan fingerprint density at radius 2 is 1.56 bits per heavy atom. The van der Waals surface area contributed by atoms with Gasteiger partial charge in [-0.2, -0.15) is 0 Å². The molecule has 1 aromatic carbocycles. The molecular formula is C52H81NaO15. The standard InChI is InChI=1S/C42H70O11.C10H12O4.Na/c1-11-29(38(46)47)31-15-14-23(4)36(50-31)27(8)34(44)26(7)35(45)30(12-2)37-24(5)22-25(6)41(51-37)19-16-32(43)42(53-41)21-20-39(10,52-42)33-17-18-40(48,13-3)28(9)49-33;1-3-14-10(13)9-6(2)4-7(11)5-8(9)12;/h16,19,23-34,36-37,43-44,48H,11-15,17-18,20-22H2,1-10H3,(H,46,47);4-5,11-12H,3H2,1-2H3;/q;;+1/p-1. The molecule has 4 fully saturated rings. The number of aromatic hydroxyl groups is 2. The summed E-state index contributed by atoms with van der Waals surface area (Å²) in [6, 6.07) is 2.51. The Kier molecular flexibility index (Phi) is 20.3. The van der Waals surface area contributed by atoms with E-state index in [-0.39, 0.29) is 89.0 Å². The van der Waals surface area contributed by atoms with Crippen LogP contribution in [0.2, 0.25) is 0 Å². The number of rotatable bonds is 14. The largest absolute Gasteiger partial charge is 1.00 e. The van der Waals surface area contributed by atoms with E-state index >= 15 is 0 Å². The number of Topliss-reactive ketones (excluding diaryl/α,β-unsaturated/α-hetero) is 1. The molecule has 0 aromatic heterocycles. The molecule has 68 heavy (non-hydrogen) atoms. The van der Waals surface area contributed by atoms with Gasteiger partial charge in [-0.05, 0) is 121 Å². The maximum Gasteiger partial charge on any atom is 1.00 e. The van der Waals surface area contributed by atoms with Crippen molar-refractivity contribution < 1.29 is 103 Å². The van der Waals surface area contributed by atoms with E-state index in [1.165, 1.54) is 6.07 Å². The van der Waals surface area contributed by atoms with Gasteiger partial charge in [0, 0.05) is 48.0 Å². The first-order valence-corrected chi connectivity index (χ1v) is 25.0. The van der Waals surface area contributed by atoms with E-state index in [9.17, 15) is 39.9 Å². The van der Waals surface area contributed by atoms with Crippen LogP contribution in [-0.4, -0.2) is 115 Å². The van der Waals surface area contributed by atoms with E-state index < -0.39 is 88.9 Å². The summed E-state index contributed by atoms with van der Waals surface area (Å²) in [7, 11) is 0. The first-order chi connectivity index (χ1) is 31.4. The normalized spacial score (nSPS) is 38.0. The number of carbonyl (C=O) groups excluding carboxylic acids is 3. The number of carbonyl (C=O) groups is 3. The number of carboxylic acid groups (broad SMARTS) is 1. The molecule has 5 aliphatic heterocycles. The summed E-state index contributed by atoms with van der Waals surface area (Å²) in [6.45, 7) is 23.1. The van der Waals surface area contributed by atoms with E-state index in [2.05, 4.69) is 20.8 Å². The average Bonchev–Trinajstić information content (AvgIpc) is 3.62. The molecule has 5 aliphatic rings. The third-order valence-electron chi connectivity index (χ3n) is 16.2. The second-order valence-corrected chi connectivity index (χ2v) is 20.8. The van der Waals surface area contributed by atoms with E-state index in [0.29, 0.717) is 63.4 Å². The van der Waals surface area contributed by atoms with Crippen molar-refractivity contribution in [1.29, 1.82) is 0 Å². The van der Waals surface area contributed by atoms with Crippen LogP contribution in [0, 0.1) is 48.3 Å². The van der Waals surface area contributed by atoms with Crippen LogP contribution in [-0.2, 0) is 38.0 Å². The summed E-state index contributed by atoms with van der Waals surface area (Å²) in [4.78, 5) is 37.6. The summed E-state index contributed by atoms with van der Waals surface area (Å²) < 4.78 is 38.2. The predicted molar refractivity (Wildman–Crippen MR) is 246 cm³/mol. The molecule has 18 unspecified atom stereocenters. The summed E-state index contributed by atoms with van der Waals surface area (Å²) in [5.74, 6) is -7.15. The number of ketones is 1. The number of phenolic OH excluding ortho intramolecular Hbond substituents is 2. The monoisotopic (exact) mass is 969 g/mol. The first-order valence-electron chi connectivity index (χ1n) is 25.0. The van der Waals surface area contributed by atoms with Gasteiger partial charge in [-0.1, -0.05) is 55.4 Å². The van der Waals surface area contributed by atoms with Gasteiger partial charge in [0.25, 0.3) is 0 Å². The van der Waals surface area contributed by atoms with Gasteiger partial charge in [0.1, 0.15) is 28.9 Å². The van der Waals surface area contributed by atoms with Crippen molar-refractivity contribution in [3.8, 4) is 11.5 Å². The molecule has 6 rings (SSSR count). The van der Waals surface area contributed by atoms with Crippen molar-refractivity contribution in [3.63, 3.8) is 0 Å². The van der Waals surface area contributed by atoms with E-state index in [4.69, 9.17) is 33.5 Å². The minimum absolute atomic E-state index is 0. The van der Waals surface area contributed by atoms with Crippen LogP contribution in [0.4, 0.5) is 0 Å². The van der Waals surface area contributed by atoms with Crippen LogP contribution in [0.25, 0.3) is 0 Å². The number of phenols is 2. The van der Waals surface area contributed by atoms with Crippen LogP contribution >= 0.6 is 0 Å². The molecule has 0 bridgehead atoms. The minimum Gasteiger partial charge on any atom is -0.550 e. The smallest absolute Gasteiger partial charge is 0.550 e. The van der Waals surface area contributed by atoms with Gasteiger partial charge in [-0.25, -0.2) is 4.79 Å². The molecule has 1 aromatic rings. The molecule has 0 radical (unpaired) electrons. The Morgan fingerprint density at radius 3 is 2.13 bits per heavy atom. The van der Waals surface area contributed by atoms with Gasteiger partial charge in [-0.15, -0.1) is 0 Å². The van der Waals surface area contributed by atoms with Crippen LogP contribution < -0.4 is 34.7 Å². The fraction of sp³-hybridized carbons (Fsp3) is 0.788. The second kappa shape index (κ2) is 23.6. The summed E-state index contributed by atoms with van der Waals surface area (Å²) in [6.07, 6.45) is 5.22. The van der Waals surface area contributed by atoms with Crippen molar-refractivity contribution >= 4 is 17.7 Å². The van der Waals surface area contributed by atoms with E-state index in [0.717, 1.165) is 12.5 Å². The van der Waals surface area contributed by atoms with Gasteiger partial charge in [0.2, 0.25) is 5.79 Å². The third-order valence-corrected chi connectivity index (χ3v) is 16.2. The second-order valence-electron chi connectivity index (χ2n) is 20.8. The van der Waals surface area contributed by atoms with E-state index in [1.54, 1.807) is 32.9 Å². The maximum absolute atomic E-state index is 14.4. The van der Waals surface area contributed by atoms with E-state index in [1.807, 2.05) is 41.5 Å². The average molecular weight is 969 g/mol. The quantitative estimate of drug-likeness (QED) is 0.102. The molecule has 380 valence electrons. The Morgan fingerprint density at radius 1 is 0.897 bits per heavy atom. The van der Waals surface area contributed by atoms with Crippen LogP contribution in [0.15, 0.2) is 24.3 Å². The molecule has 16 heteroatoms. The number of hydrogen-bond acceptors (Lipinski definition) is 15. The zero-order valence-electron chi connectivity index (χ0n) is 43.0. The Bertz CT molecular complexity index is 1890. The van der Waals surface area contributed by atoms with Gasteiger partial charge < -0.3 is 63.9 Å². The van der Waals surface area contributed by atoms with Gasteiger partial charge >= 0.3 is 35.5 Å². The number of ether oxygens (including phenoxy) is 6. The summed E-state index contributed by atoms with van der Waals surface area (Å²) in [5, 5.41) is 64.5. The zero-order valence-corrected chi connectivity index (χ0v) is 45.0. The number of esters is 1. The predicted octanol–water partition coefficient (Wildman–Crippen LogP) is 3.44. The SMILES string of the molecule is CCC(C(=O)[O-])C1CCC(C)C(C(C)C(O)C(C)C(=O)C(CC)C2OC3(C=CC(O)C4(CCC(C)(C5CCC(O)(CC)C(C)O5)O4)O3)C(C)CC2C)O1.CCOC(=O)c1c(C)cc(O)cc1O.[Na+]. The number of aliphatic carboxylic acids is 1. The number of benzene rings is 1. The van der Waals surface area contributed by atoms with Gasteiger partial charge in [0.05, 0.1) is 54.4 Å². The minimum atomic E-state index is -1.37. The van der Waals surface area contributed by atoms with Crippen molar-refractivity contribution in [2.75, 3.05) is 6.61 Å². The van der Waals surface area contributed by atoms with Crippen LogP contribution in [0.1, 0.15) is 156 Å². The number of aliphatic hydroxyl groups excluding tert-OH is 2. The summed E-state index contributed by atoms with van der Waals surface area (Å²) in [5.41, 5.74) is -1.05. The van der Waals surface area contributed by atoms with Gasteiger partial charge in [-0.3, -0.25) is 4.79 Å². The van der Waals surface area contributed by atoms with Crippen LogP contribution in [0.3, 0.4) is 0 Å². The number of carboxylic acids is 1. The molecule has 4 saturated heterocycles. The molecule has 5 N–H and O–H groups in total. The van der Waals surface area contributed by atoms with Crippen molar-refractivity contribution in [1.82, 2.24) is 0 Å². The molecule has 0 aliphatic carbocycles. The first kappa shape index (κ1) is 58.4. The molecule has 18 atom stereocenters. The maximum atomic E-state index is 14.4. The Labute approximate surface area is 426 Å². The molecule has 5 heterocycles. The Hall–Kier alpha value is -2.15. The Balaban J connectivity index is 0.000000576. The number of aliphatic hydroxyl groups is 3. The molecule has 2 spiro atoms. The number of hydrogen-bond donors (Lipinski definition) is 5. The topological polar surface area (TPSA) is 231 Å². The number of aryl methyl sites for hydroxylation is 1.